The van der Waals surface area contributed by atoms with Crippen molar-refractivity contribution in [3.8, 4) is 11.8 Å². The van der Waals surface area contributed by atoms with Gasteiger partial charge < -0.3 is 4.90 Å². The predicted molar refractivity (Wildman–Crippen MR) is 123 cm³/mol. The Hall–Kier alpha value is -1.94. The van der Waals surface area contributed by atoms with Crippen LogP contribution in [0, 0.1) is 75.5 Å². The minimum Gasteiger partial charge on any atom is -0.370 e. The van der Waals surface area contributed by atoms with E-state index < -0.39 is 0 Å². The van der Waals surface area contributed by atoms with Crippen LogP contribution in [0.2, 0.25) is 0 Å². The molecule has 0 bridgehead atoms. The van der Waals surface area contributed by atoms with Crippen molar-refractivity contribution in [2.45, 2.75) is 0 Å². The van der Waals surface area contributed by atoms with Gasteiger partial charge in [0.05, 0.1) is 6.54 Å². The first-order valence-corrected chi connectivity index (χ1v) is 9.73. The van der Waals surface area contributed by atoms with Crippen LogP contribution in [0.1, 0.15) is 5.56 Å². The van der Waals surface area contributed by atoms with E-state index in [4.69, 9.17) is 0 Å². The molecule has 0 heterocycles. The van der Waals surface area contributed by atoms with E-state index in [2.05, 4.69) is 79.8 Å². The summed E-state index contributed by atoms with van der Waals surface area (Å²) in [6.45, 7) is 0.773. The number of anilines is 1. The summed E-state index contributed by atoms with van der Waals surface area (Å²) in [7, 11) is 2.10. The molecule has 0 amide bonds. The van der Waals surface area contributed by atoms with Gasteiger partial charge in [-0.2, -0.15) is 0 Å². The first kappa shape index (κ1) is 24.3. The van der Waals surface area contributed by atoms with Crippen LogP contribution in [0.15, 0.2) is 72.3 Å². The fraction of sp³-hybridized carbons (Fsp3) is 0.0714. The summed E-state index contributed by atoms with van der Waals surface area (Å²) in [5.41, 5.74) is 3.32. The summed E-state index contributed by atoms with van der Waals surface area (Å²) in [4.78, 5) is 2.22. The summed E-state index contributed by atoms with van der Waals surface area (Å²) in [5, 5.41) is 0. The molecule has 2 aliphatic rings. The van der Waals surface area contributed by atoms with Gasteiger partial charge in [-0.1, -0.05) is 54.3 Å². The Balaban J connectivity index is 0.000000468. The zero-order valence-electron chi connectivity index (χ0n) is 17.1. The van der Waals surface area contributed by atoms with Crippen LogP contribution >= 0.6 is 0 Å². The van der Waals surface area contributed by atoms with Gasteiger partial charge in [-0.05, 0) is 82.1 Å². The molecule has 4 rings (SSSR count). The molecule has 30 heavy (non-hydrogen) atoms. The molecule has 2 heteroatoms. The molecule has 0 aromatic heterocycles. The Labute approximate surface area is 194 Å². The number of benzene rings is 2. The second-order valence-electron chi connectivity index (χ2n) is 6.66. The fourth-order valence-corrected chi connectivity index (χ4v) is 2.83. The largest absolute Gasteiger partial charge is 2.00 e. The summed E-state index contributed by atoms with van der Waals surface area (Å²) in [6, 6.07) is 20.5. The van der Waals surface area contributed by atoms with Crippen LogP contribution in [0.3, 0.4) is 0 Å². The van der Waals surface area contributed by atoms with Crippen molar-refractivity contribution in [1.29, 1.82) is 0 Å². The Morgan fingerprint density at radius 1 is 0.767 bits per heavy atom. The second-order valence-corrected chi connectivity index (χ2v) is 6.66. The number of para-hydroxylation sites is 1. The van der Waals surface area contributed by atoms with Gasteiger partial charge in [-0.15, -0.1) is 0 Å². The van der Waals surface area contributed by atoms with Crippen LogP contribution in [-0.4, -0.2) is 13.6 Å². The number of rotatable bonds is 4. The smallest absolute Gasteiger partial charge is 0.370 e. The number of allylic oxidation sites excluding steroid dienone is 1. The molecule has 2 saturated carbocycles. The molecule has 2 aliphatic carbocycles. The first-order valence-electron chi connectivity index (χ1n) is 9.73. The van der Waals surface area contributed by atoms with Gasteiger partial charge in [0.1, 0.15) is 0 Å². The van der Waals surface area contributed by atoms with Crippen LogP contribution in [0.25, 0.3) is 0 Å². The van der Waals surface area contributed by atoms with Crippen molar-refractivity contribution in [3.05, 3.63) is 142 Å². The van der Waals surface area contributed by atoms with Crippen molar-refractivity contribution < 1.29 is 17.1 Å². The quantitative estimate of drug-likeness (QED) is 0.455. The van der Waals surface area contributed by atoms with E-state index in [1.54, 1.807) is 0 Å². The van der Waals surface area contributed by atoms with Gasteiger partial charge in [0, 0.05) is 29.8 Å². The maximum absolute atomic E-state index is 3.34. The van der Waals surface area contributed by atoms with Crippen LogP contribution < -0.4 is 4.90 Å². The van der Waals surface area contributed by atoms with Gasteiger partial charge in [0.15, 0.2) is 0 Å². The van der Waals surface area contributed by atoms with Crippen LogP contribution in [-0.2, 0) is 17.1 Å². The Morgan fingerprint density at radius 3 is 1.87 bits per heavy atom. The van der Waals surface area contributed by atoms with E-state index >= 15 is 0 Å². The molecule has 2 aromatic rings. The molecule has 0 unspecified atom stereocenters. The summed E-state index contributed by atoms with van der Waals surface area (Å²) < 4.78 is 0. The molecule has 10 radical (unpaired) electrons. The van der Waals surface area contributed by atoms with E-state index in [1.807, 2.05) is 68.5 Å². The number of nitrogens with zero attached hydrogens (tertiary/aromatic N) is 1. The molecule has 0 N–H and O–H groups in total. The molecular formula is C28H25FeN+2. The van der Waals surface area contributed by atoms with Gasteiger partial charge in [0.2, 0.25) is 0 Å². The normalized spacial score (nSPS) is 16.0. The molecule has 0 spiro atoms. The SMILES string of the molecule is CN(C/C(C#Cc1ccccc1)=C/[C]1[CH][CH][CH][CH]1)c1ccccc1.[CH]1[CH][CH][CH][CH]1.[Fe+2]. The van der Waals surface area contributed by atoms with Crippen molar-refractivity contribution in [1.82, 2.24) is 0 Å². The third kappa shape index (κ3) is 8.83. The number of hydrogen-bond acceptors (Lipinski definition) is 1. The molecule has 0 atom stereocenters. The summed E-state index contributed by atoms with van der Waals surface area (Å²) in [5.74, 6) is 7.80. The van der Waals surface area contributed by atoms with E-state index in [0.717, 1.165) is 17.7 Å². The third-order valence-electron chi connectivity index (χ3n) is 4.33. The first-order chi connectivity index (χ1) is 14.3. The molecule has 0 aliphatic heterocycles. The minimum absolute atomic E-state index is 0. The standard InChI is InChI=1S/C23H20N.C5H5.Fe/c1-24(23-14-6-3-7-15-23)19-22(18-21-12-8-9-13-21)17-16-20-10-4-2-5-11-20;1-2-4-5-3-1;/h2-15,18H,19H2,1H3;1-5H;/q;;+2/b22-18+;;. The third-order valence-corrected chi connectivity index (χ3v) is 4.33. The van der Waals surface area contributed by atoms with Crippen molar-refractivity contribution >= 4 is 5.69 Å². The van der Waals surface area contributed by atoms with Gasteiger partial charge >= 0.3 is 17.1 Å². The summed E-state index contributed by atoms with van der Waals surface area (Å²) in [6.07, 6.45) is 20.5. The Morgan fingerprint density at radius 2 is 1.30 bits per heavy atom. The molecule has 0 saturated heterocycles. The summed E-state index contributed by atoms with van der Waals surface area (Å²) >= 11 is 0. The molecule has 2 aromatic carbocycles. The van der Waals surface area contributed by atoms with Gasteiger partial charge in [-0.3, -0.25) is 0 Å². The average Bonchev–Trinajstić information content (AvgIpc) is 3.50. The Bertz CT molecular complexity index is 783. The van der Waals surface area contributed by atoms with Crippen molar-refractivity contribution in [3.63, 3.8) is 0 Å². The number of likely N-dealkylation sites (N-methyl/N-ethyl adjacent to an activating group) is 1. The van der Waals surface area contributed by atoms with Crippen LogP contribution in [0.4, 0.5) is 5.69 Å². The van der Waals surface area contributed by atoms with Gasteiger partial charge in [0.25, 0.3) is 0 Å². The maximum atomic E-state index is 3.34. The van der Waals surface area contributed by atoms with E-state index in [0.29, 0.717) is 0 Å². The van der Waals surface area contributed by atoms with Gasteiger partial charge in [-0.25, -0.2) is 0 Å². The van der Waals surface area contributed by atoms with Crippen molar-refractivity contribution in [2.24, 2.45) is 0 Å². The zero-order chi connectivity index (χ0) is 20.2. The number of hydrogen-bond donors (Lipinski definition) is 0. The Kier molecular flexibility index (Phi) is 11.5. The molecular weight excluding hydrogens is 406 g/mol. The topological polar surface area (TPSA) is 3.24 Å². The predicted octanol–water partition coefficient (Wildman–Crippen LogP) is 5.53. The maximum Gasteiger partial charge on any atom is 2.00 e. The average molecular weight is 431 g/mol. The second kappa shape index (κ2) is 14.1. The van der Waals surface area contributed by atoms with E-state index in [9.17, 15) is 0 Å². The molecule has 1 nitrogen and oxygen atoms in total. The molecule has 148 valence electrons. The van der Waals surface area contributed by atoms with E-state index in [-0.39, 0.29) is 17.1 Å². The van der Waals surface area contributed by atoms with E-state index in [1.165, 1.54) is 11.6 Å². The van der Waals surface area contributed by atoms with Crippen molar-refractivity contribution in [2.75, 3.05) is 18.5 Å². The minimum atomic E-state index is 0. The monoisotopic (exact) mass is 431 g/mol. The fourth-order valence-electron chi connectivity index (χ4n) is 2.83. The zero-order valence-corrected chi connectivity index (χ0v) is 18.2. The molecule has 2 fully saturated rings. The van der Waals surface area contributed by atoms with Crippen LogP contribution in [0.5, 0.6) is 0 Å².